The second kappa shape index (κ2) is 10.6. The average Bonchev–Trinajstić information content (AvgIpc) is 2.67. The first-order valence-electron chi connectivity index (χ1n) is 9.05. The fourth-order valence-corrected chi connectivity index (χ4v) is 2.68. The Morgan fingerprint density at radius 1 is 1.03 bits per heavy atom. The summed E-state index contributed by atoms with van der Waals surface area (Å²) in [4.78, 5) is 23.4. The van der Waals surface area contributed by atoms with Crippen molar-refractivity contribution in [1.29, 1.82) is 0 Å². The standard InChI is InChI=1S/C21H22F3NO4/c22-21(23,24)17-9-4-8-16(12-17)13-18(20(27)28)25-19(26)10-5-11-29-14-15-6-2-1-3-7-15/h1-4,6-9,12,18H,5,10-11,13-14H2,(H,25,26)(H,27,28). The van der Waals surface area contributed by atoms with Gasteiger partial charge in [-0.2, -0.15) is 13.2 Å². The van der Waals surface area contributed by atoms with Crippen molar-refractivity contribution in [3.63, 3.8) is 0 Å². The van der Waals surface area contributed by atoms with Crippen LogP contribution in [0.2, 0.25) is 0 Å². The molecule has 1 atom stereocenters. The molecule has 0 aliphatic carbocycles. The van der Waals surface area contributed by atoms with Crippen molar-refractivity contribution in [1.82, 2.24) is 5.32 Å². The lowest BCUT2D eigenvalue weighted by Gasteiger charge is -2.16. The molecule has 0 aliphatic heterocycles. The number of alkyl halides is 3. The molecule has 5 nitrogen and oxygen atoms in total. The summed E-state index contributed by atoms with van der Waals surface area (Å²) >= 11 is 0. The van der Waals surface area contributed by atoms with E-state index in [1.165, 1.54) is 12.1 Å². The topological polar surface area (TPSA) is 75.6 Å². The quantitative estimate of drug-likeness (QED) is 0.585. The van der Waals surface area contributed by atoms with Gasteiger partial charge in [0.05, 0.1) is 12.2 Å². The predicted molar refractivity (Wildman–Crippen MR) is 100 cm³/mol. The number of carbonyl (C=O) groups excluding carboxylic acids is 1. The van der Waals surface area contributed by atoms with E-state index in [2.05, 4.69) is 5.32 Å². The summed E-state index contributed by atoms with van der Waals surface area (Å²) in [5, 5.41) is 11.6. The number of carboxylic acids is 1. The van der Waals surface area contributed by atoms with E-state index in [4.69, 9.17) is 4.74 Å². The number of rotatable bonds is 10. The zero-order valence-corrected chi connectivity index (χ0v) is 15.6. The van der Waals surface area contributed by atoms with Crippen molar-refractivity contribution in [2.24, 2.45) is 0 Å². The summed E-state index contributed by atoms with van der Waals surface area (Å²) in [5.41, 5.74) is 0.323. The molecule has 1 unspecified atom stereocenters. The summed E-state index contributed by atoms with van der Waals surface area (Å²) < 4.78 is 43.8. The summed E-state index contributed by atoms with van der Waals surface area (Å²) in [6.07, 6.45) is -4.30. The molecule has 1 amide bonds. The van der Waals surface area contributed by atoms with Gasteiger partial charge in [0, 0.05) is 19.4 Å². The van der Waals surface area contributed by atoms with E-state index < -0.39 is 29.7 Å². The van der Waals surface area contributed by atoms with Gasteiger partial charge in [-0.15, -0.1) is 0 Å². The predicted octanol–water partition coefficient (Wildman–Crippen LogP) is 3.81. The van der Waals surface area contributed by atoms with Crippen LogP contribution >= 0.6 is 0 Å². The van der Waals surface area contributed by atoms with Gasteiger partial charge < -0.3 is 15.2 Å². The van der Waals surface area contributed by atoms with E-state index in [-0.39, 0.29) is 18.4 Å². The molecule has 0 heterocycles. The Kier molecular flexibility index (Phi) is 8.21. The number of ether oxygens (including phenoxy) is 1. The fourth-order valence-electron chi connectivity index (χ4n) is 2.68. The van der Waals surface area contributed by atoms with Gasteiger partial charge in [-0.05, 0) is 23.6 Å². The van der Waals surface area contributed by atoms with Gasteiger partial charge in [0.1, 0.15) is 6.04 Å². The zero-order valence-electron chi connectivity index (χ0n) is 15.6. The van der Waals surface area contributed by atoms with Crippen molar-refractivity contribution < 1.29 is 32.6 Å². The minimum absolute atomic E-state index is 0.0567. The number of aliphatic carboxylic acids is 1. The van der Waals surface area contributed by atoms with Gasteiger partial charge >= 0.3 is 12.1 Å². The van der Waals surface area contributed by atoms with Crippen LogP contribution in [-0.4, -0.2) is 29.6 Å². The monoisotopic (exact) mass is 409 g/mol. The number of nitrogens with one attached hydrogen (secondary N) is 1. The van der Waals surface area contributed by atoms with Crippen LogP contribution in [0, 0.1) is 0 Å². The molecule has 2 N–H and O–H groups in total. The van der Waals surface area contributed by atoms with Gasteiger partial charge in [0.25, 0.3) is 0 Å². The molecule has 0 spiro atoms. The van der Waals surface area contributed by atoms with Crippen LogP contribution in [0.3, 0.4) is 0 Å². The summed E-state index contributed by atoms with van der Waals surface area (Å²) in [5.74, 6) is -1.80. The van der Waals surface area contributed by atoms with Crippen molar-refractivity contribution in [3.8, 4) is 0 Å². The molecule has 0 saturated heterocycles. The maximum absolute atomic E-state index is 12.8. The third-order valence-corrected chi connectivity index (χ3v) is 4.13. The molecule has 156 valence electrons. The van der Waals surface area contributed by atoms with Gasteiger partial charge in [0.15, 0.2) is 0 Å². The third kappa shape index (κ3) is 7.95. The van der Waals surface area contributed by atoms with Crippen molar-refractivity contribution in [2.45, 2.75) is 38.1 Å². The van der Waals surface area contributed by atoms with E-state index in [1.54, 1.807) is 0 Å². The van der Waals surface area contributed by atoms with Gasteiger partial charge in [-0.25, -0.2) is 4.79 Å². The normalized spacial score (nSPS) is 12.4. The molecular formula is C21H22F3NO4. The summed E-state index contributed by atoms with van der Waals surface area (Å²) in [7, 11) is 0. The van der Waals surface area contributed by atoms with Crippen LogP contribution in [0.4, 0.5) is 13.2 Å². The summed E-state index contributed by atoms with van der Waals surface area (Å²) in [6.45, 7) is 0.740. The molecule has 0 fully saturated rings. The molecule has 0 saturated carbocycles. The molecule has 29 heavy (non-hydrogen) atoms. The van der Waals surface area contributed by atoms with Crippen LogP contribution in [0.25, 0.3) is 0 Å². The number of carbonyl (C=O) groups is 2. The zero-order chi connectivity index (χ0) is 21.3. The number of hydrogen-bond donors (Lipinski definition) is 2. The lowest BCUT2D eigenvalue weighted by atomic mass is 10.0. The fraction of sp³-hybridized carbons (Fsp3) is 0.333. The van der Waals surface area contributed by atoms with Crippen LogP contribution in [-0.2, 0) is 33.5 Å². The van der Waals surface area contributed by atoms with Crippen LogP contribution in [0.1, 0.15) is 29.5 Å². The van der Waals surface area contributed by atoms with Gasteiger partial charge in [-0.1, -0.05) is 48.5 Å². The summed E-state index contributed by atoms with van der Waals surface area (Å²) in [6, 6.07) is 12.6. The Hall–Kier alpha value is -2.87. The maximum atomic E-state index is 12.8. The van der Waals surface area contributed by atoms with Crippen LogP contribution in [0.5, 0.6) is 0 Å². The third-order valence-electron chi connectivity index (χ3n) is 4.13. The molecule has 2 rings (SSSR count). The van der Waals surface area contributed by atoms with Gasteiger partial charge in [-0.3, -0.25) is 4.79 Å². The Morgan fingerprint density at radius 3 is 2.38 bits per heavy atom. The first kappa shape index (κ1) is 22.4. The van der Waals surface area contributed by atoms with Crippen LogP contribution < -0.4 is 5.32 Å². The SMILES string of the molecule is O=C(CCCOCc1ccccc1)NC(Cc1cccc(C(F)(F)F)c1)C(=O)O. The molecule has 0 radical (unpaired) electrons. The number of hydrogen-bond acceptors (Lipinski definition) is 3. The highest BCUT2D eigenvalue weighted by Crippen LogP contribution is 2.29. The van der Waals surface area contributed by atoms with E-state index in [1.807, 2.05) is 30.3 Å². The minimum Gasteiger partial charge on any atom is -0.480 e. The minimum atomic E-state index is -4.52. The van der Waals surface area contributed by atoms with E-state index in [9.17, 15) is 27.9 Å². The first-order chi connectivity index (χ1) is 13.8. The van der Waals surface area contributed by atoms with E-state index in [0.717, 1.165) is 17.7 Å². The first-order valence-corrected chi connectivity index (χ1v) is 9.05. The molecule has 0 aromatic heterocycles. The van der Waals surface area contributed by atoms with Crippen molar-refractivity contribution in [2.75, 3.05) is 6.61 Å². The molecular weight excluding hydrogens is 387 g/mol. The molecule has 0 aliphatic rings. The maximum Gasteiger partial charge on any atom is 0.416 e. The number of carboxylic acid groups (broad SMARTS) is 1. The highest BCUT2D eigenvalue weighted by molar-refractivity contribution is 5.83. The number of halogens is 3. The molecule has 2 aromatic carbocycles. The number of amides is 1. The molecule has 8 heteroatoms. The van der Waals surface area contributed by atoms with Crippen molar-refractivity contribution >= 4 is 11.9 Å². The Balaban J connectivity index is 1.79. The Morgan fingerprint density at radius 2 is 1.72 bits per heavy atom. The second-order valence-corrected chi connectivity index (χ2v) is 6.50. The molecule has 0 bridgehead atoms. The highest BCUT2D eigenvalue weighted by atomic mass is 19.4. The lowest BCUT2D eigenvalue weighted by Crippen LogP contribution is -2.42. The largest absolute Gasteiger partial charge is 0.480 e. The van der Waals surface area contributed by atoms with Gasteiger partial charge in [0.2, 0.25) is 5.91 Å². The van der Waals surface area contributed by atoms with E-state index in [0.29, 0.717) is 19.6 Å². The average molecular weight is 409 g/mol. The Labute approximate surface area is 166 Å². The second-order valence-electron chi connectivity index (χ2n) is 6.50. The van der Waals surface area contributed by atoms with Crippen molar-refractivity contribution in [3.05, 3.63) is 71.3 Å². The lowest BCUT2D eigenvalue weighted by molar-refractivity contribution is -0.141. The smallest absolute Gasteiger partial charge is 0.416 e. The Bertz CT molecular complexity index is 809. The number of benzene rings is 2. The highest BCUT2D eigenvalue weighted by Gasteiger charge is 2.31. The van der Waals surface area contributed by atoms with E-state index >= 15 is 0 Å². The van der Waals surface area contributed by atoms with Crippen LogP contribution in [0.15, 0.2) is 54.6 Å². The molecule has 2 aromatic rings.